The van der Waals surface area contributed by atoms with Gasteiger partial charge in [-0.1, -0.05) is 37.3 Å². The van der Waals surface area contributed by atoms with Gasteiger partial charge in [0.1, 0.15) is 0 Å². The highest BCUT2D eigenvalue weighted by atomic mass is 32.1. The molecule has 2 aromatic rings. The molecule has 3 rings (SSSR count). The molecule has 1 amide bonds. The van der Waals surface area contributed by atoms with E-state index >= 15 is 0 Å². The number of rotatable bonds is 3. The topological polar surface area (TPSA) is 44.4 Å². The first-order chi connectivity index (χ1) is 12.5. The van der Waals surface area contributed by atoms with Crippen LogP contribution in [-0.4, -0.2) is 24.1 Å². The molecule has 0 radical (unpaired) electrons. The molecule has 0 spiro atoms. The molecule has 0 aromatic heterocycles. The first-order valence-electron chi connectivity index (χ1n) is 9.06. The third kappa shape index (κ3) is 4.41. The Bertz CT molecular complexity index is 797. The van der Waals surface area contributed by atoms with Crippen LogP contribution >= 0.6 is 12.2 Å². The highest BCUT2D eigenvalue weighted by Gasteiger charge is 2.19. The Morgan fingerprint density at radius 2 is 1.73 bits per heavy atom. The van der Waals surface area contributed by atoms with Gasteiger partial charge in [0.25, 0.3) is 5.91 Å². The van der Waals surface area contributed by atoms with Crippen molar-refractivity contribution < 1.29 is 4.79 Å². The van der Waals surface area contributed by atoms with E-state index in [9.17, 15) is 4.79 Å². The number of hydrogen-bond acceptors (Lipinski definition) is 3. The number of thiocarbonyl (C=S) groups is 1. The van der Waals surface area contributed by atoms with E-state index in [0.29, 0.717) is 10.7 Å². The Hall–Kier alpha value is -2.40. The molecule has 5 heteroatoms. The van der Waals surface area contributed by atoms with E-state index in [1.54, 1.807) is 6.07 Å². The second kappa shape index (κ2) is 8.32. The van der Waals surface area contributed by atoms with Crippen LogP contribution in [0.5, 0.6) is 0 Å². The first kappa shape index (κ1) is 18.4. The highest BCUT2D eigenvalue weighted by molar-refractivity contribution is 7.80. The Kier molecular flexibility index (Phi) is 5.89. The second-order valence-corrected chi connectivity index (χ2v) is 7.32. The zero-order chi connectivity index (χ0) is 18.5. The normalized spacial score (nSPS) is 14.8. The SMILES string of the molecule is Cc1ccccc1C(=O)NC(=S)Nc1ccccc1N1CCC(C)CC1. The lowest BCUT2D eigenvalue weighted by molar-refractivity contribution is 0.0977. The molecule has 2 aromatic carbocycles. The van der Waals surface area contributed by atoms with Crippen LogP contribution in [0.1, 0.15) is 35.7 Å². The fourth-order valence-electron chi connectivity index (χ4n) is 3.26. The quantitative estimate of drug-likeness (QED) is 0.791. The maximum absolute atomic E-state index is 12.4. The summed E-state index contributed by atoms with van der Waals surface area (Å²) >= 11 is 5.37. The standard InChI is InChI=1S/C21H25N3OS/c1-15-11-13-24(14-12-15)19-10-6-5-9-18(19)22-21(26)23-20(25)17-8-4-3-7-16(17)2/h3-10,15H,11-14H2,1-2H3,(H2,22,23,25,26). The van der Waals surface area contributed by atoms with Gasteiger partial charge in [0, 0.05) is 18.7 Å². The summed E-state index contributed by atoms with van der Waals surface area (Å²) < 4.78 is 0. The Balaban J connectivity index is 1.68. The predicted octanol–water partition coefficient (Wildman–Crippen LogP) is 4.36. The minimum atomic E-state index is -0.190. The fraction of sp³-hybridized carbons (Fsp3) is 0.333. The fourth-order valence-corrected chi connectivity index (χ4v) is 3.46. The van der Waals surface area contributed by atoms with Crippen molar-refractivity contribution in [2.75, 3.05) is 23.3 Å². The second-order valence-electron chi connectivity index (χ2n) is 6.91. The zero-order valence-corrected chi connectivity index (χ0v) is 16.1. The van der Waals surface area contributed by atoms with E-state index in [0.717, 1.165) is 35.9 Å². The van der Waals surface area contributed by atoms with Crippen molar-refractivity contribution in [3.63, 3.8) is 0 Å². The van der Waals surface area contributed by atoms with Gasteiger partial charge in [0.2, 0.25) is 0 Å². The summed E-state index contributed by atoms with van der Waals surface area (Å²) in [4.78, 5) is 14.8. The van der Waals surface area contributed by atoms with Gasteiger partial charge < -0.3 is 10.2 Å². The maximum Gasteiger partial charge on any atom is 0.257 e. The highest BCUT2D eigenvalue weighted by Crippen LogP contribution is 2.29. The number of aryl methyl sites for hydroxylation is 1. The minimum Gasteiger partial charge on any atom is -0.370 e. The molecular weight excluding hydrogens is 342 g/mol. The number of amides is 1. The smallest absolute Gasteiger partial charge is 0.257 e. The molecule has 0 unspecified atom stereocenters. The van der Waals surface area contributed by atoms with Crippen LogP contribution < -0.4 is 15.5 Å². The van der Waals surface area contributed by atoms with Crippen LogP contribution in [0.2, 0.25) is 0 Å². The molecule has 136 valence electrons. The molecule has 0 atom stereocenters. The first-order valence-corrected chi connectivity index (χ1v) is 9.47. The van der Waals surface area contributed by atoms with Crippen LogP contribution in [0.15, 0.2) is 48.5 Å². The molecule has 0 aliphatic carbocycles. The number of benzene rings is 2. The van der Waals surface area contributed by atoms with E-state index in [1.165, 1.54) is 12.8 Å². The molecule has 0 bridgehead atoms. The Morgan fingerprint density at radius 1 is 1.08 bits per heavy atom. The summed E-state index contributed by atoms with van der Waals surface area (Å²) in [6.45, 7) is 6.31. The number of anilines is 2. The number of carbonyl (C=O) groups excluding carboxylic acids is 1. The third-order valence-corrected chi connectivity index (χ3v) is 5.10. The molecular formula is C21H25N3OS. The lowest BCUT2D eigenvalue weighted by atomic mass is 9.98. The van der Waals surface area contributed by atoms with Gasteiger partial charge in [0.15, 0.2) is 5.11 Å². The summed E-state index contributed by atoms with van der Waals surface area (Å²) in [5.41, 5.74) is 3.62. The van der Waals surface area contributed by atoms with Gasteiger partial charge in [-0.15, -0.1) is 0 Å². The van der Waals surface area contributed by atoms with Gasteiger partial charge in [-0.05, 0) is 61.7 Å². The lowest BCUT2D eigenvalue weighted by Crippen LogP contribution is -2.36. The minimum absolute atomic E-state index is 0.190. The molecule has 1 saturated heterocycles. The molecule has 1 heterocycles. The summed E-state index contributed by atoms with van der Waals surface area (Å²) in [5, 5.41) is 6.30. The van der Waals surface area contributed by atoms with E-state index in [2.05, 4.69) is 28.5 Å². The van der Waals surface area contributed by atoms with Crippen LogP contribution in [0.25, 0.3) is 0 Å². The molecule has 2 N–H and O–H groups in total. The van der Waals surface area contributed by atoms with Gasteiger partial charge in [-0.2, -0.15) is 0 Å². The van der Waals surface area contributed by atoms with Crippen molar-refractivity contribution in [3.05, 3.63) is 59.7 Å². The van der Waals surface area contributed by atoms with Gasteiger partial charge in [0.05, 0.1) is 11.4 Å². The molecule has 0 saturated carbocycles. The van der Waals surface area contributed by atoms with Gasteiger partial charge >= 0.3 is 0 Å². The van der Waals surface area contributed by atoms with Crippen molar-refractivity contribution in [1.29, 1.82) is 0 Å². The number of hydrogen-bond donors (Lipinski definition) is 2. The van der Waals surface area contributed by atoms with Crippen LogP contribution in [-0.2, 0) is 0 Å². The van der Waals surface area contributed by atoms with E-state index in [1.807, 2.05) is 43.3 Å². The summed E-state index contributed by atoms with van der Waals surface area (Å²) in [6, 6.07) is 15.6. The molecule has 1 aliphatic rings. The van der Waals surface area contributed by atoms with Crippen molar-refractivity contribution in [2.45, 2.75) is 26.7 Å². The average Bonchev–Trinajstić information content (AvgIpc) is 2.63. The summed E-state index contributed by atoms with van der Waals surface area (Å²) in [6.07, 6.45) is 2.39. The number of piperidine rings is 1. The third-order valence-electron chi connectivity index (χ3n) is 4.89. The molecule has 4 nitrogen and oxygen atoms in total. The summed E-state index contributed by atoms with van der Waals surface area (Å²) in [7, 11) is 0. The average molecular weight is 368 g/mol. The number of carbonyl (C=O) groups is 1. The zero-order valence-electron chi connectivity index (χ0n) is 15.3. The monoisotopic (exact) mass is 367 g/mol. The Labute approximate surface area is 160 Å². The lowest BCUT2D eigenvalue weighted by Gasteiger charge is -2.33. The van der Waals surface area contributed by atoms with Crippen LogP contribution in [0.3, 0.4) is 0 Å². The van der Waals surface area contributed by atoms with Gasteiger partial charge in [-0.25, -0.2) is 0 Å². The maximum atomic E-state index is 12.4. The molecule has 1 aliphatic heterocycles. The van der Waals surface area contributed by atoms with Gasteiger partial charge in [-0.3, -0.25) is 10.1 Å². The molecule has 26 heavy (non-hydrogen) atoms. The van der Waals surface area contributed by atoms with E-state index in [4.69, 9.17) is 12.2 Å². The van der Waals surface area contributed by atoms with Crippen molar-refractivity contribution >= 4 is 34.6 Å². The Morgan fingerprint density at radius 3 is 2.46 bits per heavy atom. The van der Waals surface area contributed by atoms with Crippen molar-refractivity contribution in [2.24, 2.45) is 5.92 Å². The van der Waals surface area contributed by atoms with Crippen molar-refractivity contribution in [1.82, 2.24) is 5.32 Å². The van der Waals surface area contributed by atoms with Crippen molar-refractivity contribution in [3.8, 4) is 0 Å². The largest absolute Gasteiger partial charge is 0.370 e. The van der Waals surface area contributed by atoms with E-state index in [-0.39, 0.29) is 5.91 Å². The number of para-hydroxylation sites is 2. The molecule has 1 fully saturated rings. The summed E-state index contributed by atoms with van der Waals surface area (Å²) in [5.74, 6) is 0.589. The van der Waals surface area contributed by atoms with E-state index < -0.39 is 0 Å². The van der Waals surface area contributed by atoms with Crippen LogP contribution in [0.4, 0.5) is 11.4 Å². The number of nitrogens with zero attached hydrogens (tertiary/aromatic N) is 1. The van der Waals surface area contributed by atoms with Crippen LogP contribution in [0, 0.1) is 12.8 Å². The predicted molar refractivity (Wildman–Crippen MR) is 112 cm³/mol. The number of nitrogens with one attached hydrogen (secondary N) is 2.